The second kappa shape index (κ2) is 5.26. The van der Waals surface area contributed by atoms with E-state index < -0.39 is 18.9 Å². The Kier molecular flexibility index (Phi) is 4.22. The monoisotopic (exact) mass is 264 g/mol. The molecule has 1 amide bonds. The average Bonchev–Trinajstić information content (AvgIpc) is 2.58. The van der Waals surface area contributed by atoms with E-state index in [-0.39, 0.29) is 10.7 Å². The van der Waals surface area contributed by atoms with E-state index >= 15 is 0 Å². The molecule has 0 saturated carbocycles. The molecule has 2 N–H and O–H groups in total. The van der Waals surface area contributed by atoms with Crippen molar-refractivity contribution >= 4 is 28.2 Å². The van der Waals surface area contributed by atoms with Gasteiger partial charge in [-0.3, -0.25) is 4.79 Å². The highest BCUT2D eigenvalue weighted by Gasteiger charge is 2.22. The Balaban J connectivity index is 2.88. The molecule has 0 atom stereocenters. The summed E-state index contributed by atoms with van der Waals surface area (Å²) in [4.78, 5) is 18.6. The van der Waals surface area contributed by atoms with Gasteiger partial charge in [-0.05, 0) is 0 Å². The Labute approximate surface area is 102 Å². The summed E-state index contributed by atoms with van der Waals surface area (Å²) in [6.45, 7) is -0.618. The first-order valence-corrected chi connectivity index (χ1v) is 5.61. The topological polar surface area (TPSA) is 62.5 Å². The van der Waals surface area contributed by atoms with Crippen LogP contribution in [0.2, 0.25) is 0 Å². The zero-order valence-electron chi connectivity index (χ0n) is 9.78. The smallest absolute Gasteiger partial charge is 0.267 e. The van der Waals surface area contributed by atoms with E-state index in [0.717, 1.165) is 16.2 Å². The van der Waals surface area contributed by atoms with E-state index in [1.54, 1.807) is 19.0 Å². The lowest BCUT2D eigenvalue weighted by molar-refractivity contribution is 0.0625. The predicted molar refractivity (Wildman–Crippen MR) is 63.8 cm³/mol. The molecule has 0 aromatic carbocycles. The van der Waals surface area contributed by atoms with Gasteiger partial charge in [0.1, 0.15) is 10.7 Å². The molecule has 0 spiro atoms. The van der Waals surface area contributed by atoms with Crippen LogP contribution in [0.4, 0.5) is 19.7 Å². The molecule has 0 aliphatic rings. The van der Waals surface area contributed by atoms with Crippen LogP contribution >= 0.6 is 11.3 Å². The van der Waals surface area contributed by atoms with Crippen molar-refractivity contribution in [1.82, 2.24) is 9.88 Å². The minimum absolute atomic E-state index is 0.0739. The quantitative estimate of drug-likeness (QED) is 0.885. The number of hydrogen-bond donors (Lipinski definition) is 1. The molecule has 0 fully saturated rings. The zero-order chi connectivity index (χ0) is 13.2. The average molecular weight is 264 g/mol. The van der Waals surface area contributed by atoms with Crippen molar-refractivity contribution in [2.24, 2.45) is 0 Å². The van der Waals surface area contributed by atoms with E-state index in [1.165, 1.54) is 7.05 Å². The number of carbonyl (C=O) groups is 1. The Morgan fingerprint density at radius 1 is 1.47 bits per heavy atom. The Morgan fingerprint density at radius 2 is 2.06 bits per heavy atom. The maximum absolute atomic E-state index is 12.1. The molecule has 1 heterocycles. The van der Waals surface area contributed by atoms with Gasteiger partial charge in [0.25, 0.3) is 12.3 Å². The van der Waals surface area contributed by atoms with Crippen molar-refractivity contribution in [1.29, 1.82) is 0 Å². The number of thiazole rings is 1. The van der Waals surface area contributed by atoms with Gasteiger partial charge in [-0.15, -0.1) is 0 Å². The molecule has 96 valence electrons. The molecule has 0 saturated heterocycles. The van der Waals surface area contributed by atoms with E-state index in [4.69, 9.17) is 5.73 Å². The number of anilines is 2. The standard InChI is InChI=1S/C9H14F2N4OS/c1-14(2)9-13-7(12)6(17-9)8(16)15(3)4-5(10)11/h5H,4,12H2,1-3H3. The zero-order valence-corrected chi connectivity index (χ0v) is 10.6. The molecule has 0 aliphatic heterocycles. The van der Waals surface area contributed by atoms with Gasteiger partial charge in [0, 0.05) is 21.1 Å². The van der Waals surface area contributed by atoms with Crippen LogP contribution in [-0.2, 0) is 0 Å². The summed E-state index contributed by atoms with van der Waals surface area (Å²) < 4.78 is 24.3. The van der Waals surface area contributed by atoms with Crippen LogP contribution in [-0.4, -0.2) is 49.9 Å². The SMILES string of the molecule is CN(CC(F)F)C(=O)c1sc(N(C)C)nc1N. The van der Waals surface area contributed by atoms with Gasteiger partial charge in [-0.2, -0.15) is 0 Å². The van der Waals surface area contributed by atoms with Crippen molar-refractivity contribution in [3.8, 4) is 0 Å². The van der Waals surface area contributed by atoms with Gasteiger partial charge >= 0.3 is 0 Å². The van der Waals surface area contributed by atoms with E-state index in [0.29, 0.717) is 5.13 Å². The fraction of sp³-hybridized carbons (Fsp3) is 0.556. The van der Waals surface area contributed by atoms with Crippen LogP contribution in [0.1, 0.15) is 9.67 Å². The molecule has 0 bridgehead atoms. The van der Waals surface area contributed by atoms with Crippen molar-refractivity contribution in [3.63, 3.8) is 0 Å². The largest absolute Gasteiger partial charge is 0.382 e. The summed E-state index contributed by atoms with van der Waals surface area (Å²) in [5.74, 6) is -0.460. The summed E-state index contributed by atoms with van der Waals surface area (Å²) >= 11 is 1.08. The first-order chi connectivity index (χ1) is 7.82. The van der Waals surface area contributed by atoms with Crippen LogP contribution in [0.3, 0.4) is 0 Å². The highest BCUT2D eigenvalue weighted by molar-refractivity contribution is 7.18. The minimum atomic E-state index is -2.56. The third-order valence-corrected chi connectivity index (χ3v) is 3.20. The lowest BCUT2D eigenvalue weighted by Gasteiger charge is -2.15. The first-order valence-electron chi connectivity index (χ1n) is 4.80. The molecular weight excluding hydrogens is 250 g/mol. The van der Waals surface area contributed by atoms with Gasteiger partial charge in [0.15, 0.2) is 5.13 Å². The fourth-order valence-corrected chi connectivity index (χ4v) is 2.03. The molecule has 0 unspecified atom stereocenters. The van der Waals surface area contributed by atoms with Gasteiger partial charge in [0.2, 0.25) is 0 Å². The van der Waals surface area contributed by atoms with Crippen LogP contribution in [0.25, 0.3) is 0 Å². The van der Waals surface area contributed by atoms with Crippen molar-refractivity contribution in [2.75, 3.05) is 38.3 Å². The normalized spacial score (nSPS) is 10.7. The first kappa shape index (κ1) is 13.6. The molecule has 8 heteroatoms. The number of alkyl halides is 2. The summed E-state index contributed by atoms with van der Waals surface area (Å²) in [6, 6.07) is 0. The van der Waals surface area contributed by atoms with Crippen molar-refractivity contribution < 1.29 is 13.6 Å². The van der Waals surface area contributed by atoms with Crippen LogP contribution in [0.5, 0.6) is 0 Å². The molecule has 17 heavy (non-hydrogen) atoms. The highest BCUT2D eigenvalue weighted by atomic mass is 32.1. The number of nitrogen functional groups attached to an aromatic ring is 1. The Bertz CT molecular complexity index is 408. The fourth-order valence-electron chi connectivity index (χ4n) is 1.13. The molecule has 1 aromatic heterocycles. The molecule has 1 rings (SSSR count). The van der Waals surface area contributed by atoms with Gasteiger partial charge in [-0.1, -0.05) is 11.3 Å². The second-order valence-corrected chi connectivity index (χ2v) is 4.66. The minimum Gasteiger partial charge on any atom is -0.382 e. The second-order valence-electron chi connectivity index (χ2n) is 3.68. The van der Waals surface area contributed by atoms with Gasteiger partial charge in [-0.25, -0.2) is 13.8 Å². The summed E-state index contributed by atoms with van der Waals surface area (Å²) in [5.41, 5.74) is 5.59. The highest BCUT2D eigenvalue weighted by Crippen LogP contribution is 2.27. The summed E-state index contributed by atoms with van der Waals surface area (Å²) in [5, 5.41) is 0.566. The Morgan fingerprint density at radius 3 is 2.47 bits per heavy atom. The number of hydrogen-bond acceptors (Lipinski definition) is 5. The number of halogens is 2. The number of amides is 1. The lowest BCUT2D eigenvalue weighted by atomic mass is 10.4. The lowest BCUT2D eigenvalue weighted by Crippen LogP contribution is -2.31. The molecule has 5 nitrogen and oxygen atoms in total. The number of aromatic nitrogens is 1. The van der Waals surface area contributed by atoms with Crippen LogP contribution in [0, 0.1) is 0 Å². The maximum atomic E-state index is 12.1. The van der Waals surface area contributed by atoms with Crippen molar-refractivity contribution in [2.45, 2.75) is 6.43 Å². The van der Waals surface area contributed by atoms with E-state index in [2.05, 4.69) is 4.98 Å². The molecule has 1 aromatic rings. The number of carbonyl (C=O) groups excluding carboxylic acids is 1. The maximum Gasteiger partial charge on any atom is 0.267 e. The van der Waals surface area contributed by atoms with Crippen LogP contribution < -0.4 is 10.6 Å². The third kappa shape index (κ3) is 3.26. The van der Waals surface area contributed by atoms with Gasteiger partial charge in [0.05, 0.1) is 6.54 Å². The van der Waals surface area contributed by atoms with Crippen molar-refractivity contribution in [3.05, 3.63) is 4.88 Å². The number of rotatable bonds is 4. The summed E-state index contributed by atoms with van der Waals surface area (Å²) in [6.07, 6.45) is -2.56. The molecule has 0 aliphatic carbocycles. The van der Waals surface area contributed by atoms with Crippen LogP contribution in [0.15, 0.2) is 0 Å². The predicted octanol–water partition coefficient (Wildman–Crippen LogP) is 1.13. The molecular formula is C9H14F2N4OS. The van der Waals surface area contributed by atoms with Gasteiger partial charge < -0.3 is 15.5 Å². The molecule has 0 radical (unpaired) electrons. The number of nitrogens with two attached hydrogens (primary N) is 1. The Hall–Kier alpha value is -1.44. The number of nitrogens with zero attached hydrogens (tertiary/aromatic N) is 3. The van der Waals surface area contributed by atoms with E-state index in [1.807, 2.05) is 0 Å². The third-order valence-electron chi connectivity index (χ3n) is 1.98. The van der Waals surface area contributed by atoms with E-state index in [9.17, 15) is 13.6 Å². The summed E-state index contributed by atoms with van der Waals surface area (Å²) in [7, 11) is 4.83.